The van der Waals surface area contributed by atoms with Gasteiger partial charge in [0.15, 0.2) is 29.1 Å². The molecule has 2 atom stereocenters. The highest BCUT2D eigenvalue weighted by Gasteiger charge is 2.25. The van der Waals surface area contributed by atoms with Crippen LogP contribution in [0.25, 0.3) is 0 Å². The number of benzene rings is 4. The van der Waals surface area contributed by atoms with Gasteiger partial charge in [0.05, 0.1) is 17.8 Å². The number of hydrogen-bond donors (Lipinski definition) is 2. The zero-order valence-electron chi connectivity index (χ0n) is 25.7. The van der Waals surface area contributed by atoms with Crippen LogP contribution in [0.1, 0.15) is 30.5 Å². The van der Waals surface area contributed by atoms with Gasteiger partial charge in [-0.1, -0.05) is 59.6 Å². The molecular formula is C35H33Cl2N3O7. The standard InChI is InChI=1S/C35H33Cl2N3O7/c1-3-43-32-16-24(9-12-30(32)44-20-25-10-13-31-33(17-25)46-21-45-31)19-38-40-35(42)28(15-23-7-5-4-6-8-23)39-34(41)22(2)47-29-14-11-26(36)18-27(29)37/h4-14,16-19,22,28H,3,15,20-21H2,1-2H3,(H,39,41)(H,40,42)/b38-19-/t22-,28+/m1/s1. The van der Waals surface area contributed by atoms with Crippen molar-refractivity contribution < 1.29 is 33.3 Å². The van der Waals surface area contributed by atoms with E-state index in [9.17, 15) is 9.59 Å². The second-order valence-corrected chi connectivity index (χ2v) is 11.3. The van der Waals surface area contributed by atoms with Crippen molar-refractivity contribution in [2.24, 2.45) is 5.10 Å². The molecule has 10 nitrogen and oxygen atoms in total. The smallest absolute Gasteiger partial charge is 0.262 e. The summed E-state index contributed by atoms with van der Waals surface area (Å²) in [5.41, 5.74) is 4.97. The quantitative estimate of drug-likeness (QED) is 0.118. The van der Waals surface area contributed by atoms with E-state index in [1.807, 2.05) is 55.5 Å². The molecule has 0 aliphatic carbocycles. The third kappa shape index (κ3) is 9.31. The molecule has 0 spiro atoms. The van der Waals surface area contributed by atoms with Crippen molar-refractivity contribution in [2.75, 3.05) is 13.4 Å². The maximum absolute atomic E-state index is 13.3. The molecule has 0 aromatic heterocycles. The van der Waals surface area contributed by atoms with Crippen LogP contribution >= 0.6 is 23.2 Å². The van der Waals surface area contributed by atoms with E-state index in [0.29, 0.717) is 52.5 Å². The Hall–Kier alpha value is -4.93. The predicted molar refractivity (Wildman–Crippen MR) is 179 cm³/mol. The minimum absolute atomic E-state index is 0.203. The van der Waals surface area contributed by atoms with Crippen LogP contribution in [-0.2, 0) is 22.6 Å². The summed E-state index contributed by atoms with van der Waals surface area (Å²) in [7, 11) is 0. The molecule has 0 fully saturated rings. The van der Waals surface area contributed by atoms with Gasteiger partial charge in [-0.15, -0.1) is 0 Å². The lowest BCUT2D eigenvalue weighted by molar-refractivity contribution is -0.132. The number of nitrogens with one attached hydrogen (secondary N) is 2. The first-order valence-corrected chi connectivity index (χ1v) is 15.6. The number of hydrogen-bond acceptors (Lipinski definition) is 8. The minimum atomic E-state index is -0.953. The van der Waals surface area contributed by atoms with Gasteiger partial charge < -0.3 is 29.0 Å². The van der Waals surface area contributed by atoms with Crippen molar-refractivity contribution in [3.05, 3.63) is 112 Å². The van der Waals surface area contributed by atoms with Gasteiger partial charge in [0.25, 0.3) is 11.8 Å². The zero-order chi connectivity index (χ0) is 33.2. The number of halogens is 2. The van der Waals surface area contributed by atoms with E-state index in [0.717, 1.165) is 11.1 Å². The first-order chi connectivity index (χ1) is 22.8. The number of amides is 2. The van der Waals surface area contributed by atoms with Crippen LogP contribution in [0.2, 0.25) is 10.0 Å². The molecule has 244 valence electrons. The Balaban J connectivity index is 1.22. The number of hydrazone groups is 1. The molecule has 4 aromatic carbocycles. The fourth-order valence-corrected chi connectivity index (χ4v) is 5.05. The molecule has 4 aromatic rings. The lowest BCUT2D eigenvalue weighted by Crippen LogP contribution is -2.50. The van der Waals surface area contributed by atoms with Crippen LogP contribution < -0.4 is 34.4 Å². The van der Waals surface area contributed by atoms with Crippen LogP contribution in [0.4, 0.5) is 0 Å². The van der Waals surface area contributed by atoms with Crippen molar-refractivity contribution in [1.29, 1.82) is 0 Å². The van der Waals surface area contributed by atoms with Crippen LogP contribution in [0, 0.1) is 0 Å². The Morgan fingerprint density at radius 3 is 2.45 bits per heavy atom. The lowest BCUT2D eigenvalue weighted by Gasteiger charge is -2.21. The molecule has 5 rings (SSSR count). The van der Waals surface area contributed by atoms with Gasteiger partial charge in [-0.05, 0) is 79.1 Å². The van der Waals surface area contributed by atoms with Crippen LogP contribution in [-0.4, -0.2) is 43.6 Å². The molecule has 2 amide bonds. The van der Waals surface area contributed by atoms with Crippen molar-refractivity contribution in [3.63, 3.8) is 0 Å². The zero-order valence-corrected chi connectivity index (χ0v) is 27.2. The third-order valence-corrected chi connectivity index (χ3v) is 7.50. The van der Waals surface area contributed by atoms with Gasteiger partial charge in [-0.2, -0.15) is 5.10 Å². The highest BCUT2D eigenvalue weighted by Crippen LogP contribution is 2.34. The average molecular weight is 679 g/mol. The van der Waals surface area contributed by atoms with Gasteiger partial charge in [0, 0.05) is 11.4 Å². The number of carbonyl (C=O) groups excluding carboxylic acids is 2. The Kier molecular flexibility index (Phi) is 11.4. The summed E-state index contributed by atoms with van der Waals surface area (Å²) in [5.74, 6) is 1.73. The summed E-state index contributed by atoms with van der Waals surface area (Å²) >= 11 is 12.2. The van der Waals surface area contributed by atoms with Gasteiger partial charge >= 0.3 is 0 Å². The van der Waals surface area contributed by atoms with E-state index in [1.54, 1.807) is 37.3 Å². The van der Waals surface area contributed by atoms with E-state index >= 15 is 0 Å². The summed E-state index contributed by atoms with van der Waals surface area (Å²) < 4.78 is 28.4. The number of carbonyl (C=O) groups is 2. The first kappa shape index (κ1) is 33.4. The van der Waals surface area contributed by atoms with E-state index in [2.05, 4.69) is 15.8 Å². The van der Waals surface area contributed by atoms with Crippen LogP contribution in [0.3, 0.4) is 0 Å². The summed E-state index contributed by atoms with van der Waals surface area (Å²) in [4.78, 5) is 26.4. The second-order valence-electron chi connectivity index (χ2n) is 10.4. The monoisotopic (exact) mass is 677 g/mol. The average Bonchev–Trinajstić information content (AvgIpc) is 3.54. The lowest BCUT2D eigenvalue weighted by atomic mass is 10.1. The van der Waals surface area contributed by atoms with Crippen LogP contribution in [0.5, 0.6) is 28.7 Å². The first-order valence-electron chi connectivity index (χ1n) is 14.9. The largest absolute Gasteiger partial charge is 0.490 e. The van der Waals surface area contributed by atoms with Gasteiger partial charge in [-0.25, -0.2) is 5.43 Å². The third-order valence-electron chi connectivity index (χ3n) is 6.97. The Morgan fingerprint density at radius 1 is 0.872 bits per heavy atom. The topological polar surface area (TPSA) is 117 Å². The molecule has 0 bridgehead atoms. The Labute approximate surface area is 282 Å². The maximum Gasteiger partial charge on any atom is 0.262 e. The molecule has 0 unspecified atom stereocenters. The van der Waals surface area contributed by atoms with E-state index in [-0.39, 0.29) is 18.2 Å². The maximum atomic E-state index is 13.3. The Bertz CT molecular complexity index is 1740. The molecule has 1 heterocycles. The van der Waals surface area contributed by atoms with Crippen LogP contribution in [0.15, 0.2) is 90.0 Å². The molecule has 1 aliphatic heterocycles. The molecule has 2 N–H and O–H groups in total. The molecule has 1 aliphatic rings. The van der Waals surface area contributed by atoms with Gasteiger partial charge in [-0.3, -0.25) is 9.59 Å². The number of ether oxygens (including phenoxy) is 5. The summed E-state index contributed by atoms with van der Waals surface area (Å²) in [6.07, 6.45) is 0.759. The number of rotatable bonds is 14. The highest BCUT2D eigenvalue weighted by atomic mass is 35.5. The van der Waals surface area contributed by atoms with E-state index in [1.165, 1.54) is 12.3 Å². The van der Waals surface area contributed by atoms with E-state index in [4.69, 9.17) is 46.9 Å². The van der Waals surface area contributed by atoms with Crippen molar-refractivity contribution in [2.45, 2.75) is 39.0 Å². The summed E-state index contributed by atoms with van der Waals surface area (Å²) in [5, 5.41) is 7.62. The van der Waals surface area contributed by atoms with E-state index < -0.39 is 24.0 Å². The number of nitrogens with zero attached hydrogens (tertiary/aromatic N) is 1. The second kappa shape index (κ2) is 16.1. The molecule has 0 saturated carbocycles. The normalized spacial score (nSPS) is 13.1. The molecule has 0 radical (unpaired) electrons. The molecule has 12 heteroatoms. The van der Waals surface area contributed by atoms with Crippen molar-refractivity contribution in [1.82, 2.24) is 10.7 Å². The summed E-state index contributed by atoms with van der Waals surface area (Å²) in [6, 6.07) is 24.0. The Morgan fingerprint density at radius 2 is 1.66 bits per heavy atom. The fraction of sp³-hybridized carbons (Fsp3) is 0.229. The SMILES string of the molecule is CCOc1cc(/C=N\NC(=O)[C@H](Cc2ccccc2)NC(=O)[C@@H](C)Oc2ccc(Cl)cc2Cl)ccc1OCc1ccc2c(c1)OCO2. The molecule has 0 saturated heterocycles. The molecule has 47 heavy (non-hydrogen) atoms. The number of fused-ring (bicyclic) bond motifs is 1. The van der Waals surface area contributed by atoms with Crippen molar-refractivity contribution >= 4 is 41.2 Å². The predicted octanol–water partition coefficient (Wildman–Crippen LogP) is 6.34. The van der Waals surface area contributed by atoms with Gasteiger partial charge in [0.1, 0.15) is 18.4 Å². The van der Waals surface area contributed by atoms with Gasteiger partial charge in [0.2, 0.25) is 6.79 Å². The minimum Gasteiger partial charge on any atom is -0.490 e. The fourth-order valence-electron chi connectivity index (χ4n) is 4.60. The molecular weight excluding hydrogens is 645 g/mol. The highest BCUT2D eigenvalue weighted by molar-refractivity contribution is 6.35. The summed E-state index contributed by atoms with van der Waals surface area (Å²) in [6.45, 7) is 4.36. The van der Waals surface area contributed by atoms with Crippen molar-refractivity contribution in [3.8, 4) is 28.7 Å².